The Morgan fingerprint density at radius 1 is 1.00 bits per heavy atom. The third-order valence-electron chi connectivity index (χ3n) is 5.94. The highest BCUT2D eigenvalue weighted by atomic mass is 16.5. The summed E-state index contributed by atoms with van der Waals surface area (Å²) in [6, 6.07) is 9.09. The van der Waals surface area contributed by atoms with Gasteiger partial charge in [0.05, 0.1) is 25.4 Å². The van der Waals surface area contributed by atoms with Crippen LogP contribution < -0.4 is 19.1 Å². The standard InChI is InChI=1S/C25H28N2O6/c1-15-12-22(16(2)11-20(15)27(25(28)29)17-6-9-32-10-7-17)33-21-5-8-26-19-14-24(31-4)23(30-3)13-18(19)21/h5,8,11-14,17H,6-7,9-10H2,1-4H3,(H,28,29). The Bertz CT molecular complexity index is 1170. The molecule has 8 nitrogen and oxygen atoms in total. The van der Waals surface area contributed by atoms with E-state index in [-0.39, 0.29) is 6.04 Å². The normalized spacial score (nSPS) is 14.2. The first-order valence-electron chi connectivity index (χ1n) is 10.8. The zero-order chi connectivity index (χ0) is 23.5. The minimum absolute atomic E-state index is 0.104. The van der Waals surface area contributed by atoms with E-state index < -0.39 is 6.09 Å². The number of benzene rings is 2. The molecule has 0 atom stereocenters. The second-order valence-electron chi connectivity index (χ2n) is 8.04. The summed E-state index contributed by atoms with van der Waals surface area (Å²) in [7, 11) is 3.16. The van der Waals surface area contributed by atoms with Crippen LogP contribution in [0.25, 0.3) is 10.9 Å². The number of hydrogen-bond donors (Lipinski definition) is 1. The number of methoxy groups -OCH3 is 2. The molecule has 1 aromatic heterocycles. The van der Waals surface area contributed by atoms with E-state index in [4.69, 9.17) is 18.9 Å². The van der Waals surface area contributed by atoms with Crippen LogP contribution in [0.15, 0.2) is 36.5 Å². The molecule has 1 saturated heterocycles. The fourth-order valence-electron chi connectivity index (χ4n) is 4.20. The predicted molar refractivity (Wildman–Crippen MR) is 125 cm³/mol. The number of aryl methyl sites for hydroxylation is 2. The molecule has 4 rings (SSSR count). The topological polar surface area (TPSA) is 90.4 Å². The van der Waals surface area contributed by atoms with E-state index in [2.05, 4.69) is 4.98 Å². The molecule has 0 unspecified atom stereocenters. The monoisotopic (exact) mass is 452 g/mol. The van der Waals surface area contributed by atoms with Gasteiger partial charge in [0.25, 0.3) is 0 Å². The number of amides is 1. The Kier molecular flexibility index (Phi) is 6.55. The molecule has 0 radical (unpaired) electrons. The third-order valence-corrected chi connectivity index (χ3v) is 5.94. The van der Waals surface area contributed by atoms with Crippen LogP contribution >= 0.6 is 0 Å². The molecule has 1 aliphatic heterocycles. The molecule has 174 valence electrons. The minimum atomic E-state index is -0.959. The van der Waals surface area contributed by atoms with Gasteiger partial charge in [0.1, 0.15) is 11.5 Å². The number of pyridine rings is 1. The summed E-state index contributed by atoms with van der Waals surface area (Å²) in [6.07, 6.45) is 2.07. The molecule has 0 saturated carbocycles. The lowest BCUT2D eigenvalue weighted by atomic mass is 10.0. The largest absolute Gasteiger partial charge is 0.493 e. The Labute approximate surface area is 192 Å². The molecule has 1 N–H and O–H groups in total. The lowest BCUT2D eigenvalue weighted by Crippen LogP contribution is -2.43. The minimum Gasteiger partial charge on any atom is -0.493 e. The van der Waals surface area contributed by atoms with E-state index in [1.54, 1.807) is 32.5 Å². The van der Waals surface area contributed by atoms with Crippen molar-refractivity contribution in [3.05, 3.63) is 47.7 Å². The molecule has 3 aromatic rings. The van der Waals surface area contributed by atoms with Crippen molar-refractivity contribution < 1.29 is 28.8 Å². The Morgan fingerprint density at radius 2 is 1.70 bits per heavy atom. The van der Waals surface area contributed by atoms with Crippen LogP contribution in [-0.4, -0.2) is 49.7 Å². The Hall–Kier alpha value is -3.52. The van der Waals surface area contributed by atoms with Crippen molar-refractivity contribution in [2.75, 3.05) is 32.3 Å². The molecular weight excluding hydrogens is 424 g/mol. The SMILES string of the molecule is COc1cc2nccc(Oc3cc(C)c(N(C(=O)O)C4CCOCC4)cc3C)c2cc1OC. The summed E-state index contributed by atoms with van der Waals surface area (Å²) in [6.45, 7) is 4.94. The summed E-state index contributed by atoms with van der Waals surface area (Å²) < 4.78 is 22.5. The average molecular weight is 453 g/mol. The first-order chi connectivity index (χ1) is 15.9. The molecule has 0 aliphatic carbocycles. The van der Waals surface area contributed by atoms with E-state index in [0.29, 0.717) is 60.3 Å². The molecule has 2 aromatic carbocycles. The molecule has 8 heteroatoms. The zero-order valence-corrected chi connectivity index (χ0v) is 19.3. The summed E-state index contributed by atoms with van der Waals surface area (Å²) in [5.74, 6) is 2.44. The highest BCUT2D eigenvalue weighted by molar-refractivity contribution is 5.89. The van der Waals surface area contributed by atoms with Crippen LogP contribution in [0.1, 0.15) is 24.0 Å². The first kappa shape index (κ1) is 22.7. The third kappa shape index (κ3) is 4.52. The van der Waals surface area contributed by atoms with Crippen molar-refractivity contribution in [1.82, 2.24) is 4.98 Å². The number of carbonyl (C=O) groups is 1. The smallest absolute Gasteiger partial charge is 0.412 e. The van der Waals surface area contributed by atoms with Crippen LogP contribution in [0.5, 0.6) is 23.0 Å². The Morgan fingerprint density at radius 3 is 2.36 bits per heavy atom. The summed E-state index contributed by atoms with van der Waals surface area (Å²) in [5.41, 5.74) is 3.04. The van der Waals surface area contributed by atoms with Crippen molar-refractivity contribution in [1.29, 1.82) is 0 Å². The van der Waals surface area contributed by atoms with Crippen molar-refractivity contribution in [2.45, 2.75) is 32.7 Å². The van der Waals surface area contributed by atoms with Gasteiger partial charge in [-0.2, -0.15) is 0 Å². The predicted octanol–water partition coefficient (Wildman–Crippen LogP) is 5.32. The maximum atomic E-state index is 12.1. The van der Waals surface area contributed by atoms with Crippen molar-refractivity contribution in [3.8, 4) is 23.0 Å². The van der Waals surface area contributed by atoms with Gasteiger partial charge >= 0.3 is 6.09 Å². The fraction of sp³-hybridized carbons (Fsp3) is 0.360. The van der Waals surface area contributed by atoms with E-state index in [1.807, 2.05) is 32.0 Å². The quantitative estimate of drug-likeness (QED) is 0.541. The number of aromatic nitrogens is 1. The van der Waals surface area contributed by atoms with E-state index in [0.717, 1.165) is 16.5 Å². The second kappa shape index (κ2) is 9.54. The number of ether oxygens (including phenoxy) is 4. The van der Waals surface area contributed by atoms with Crippen molar-refractivity contribution in [3.63, 3.8) is 0 Å². The zero-order valence-electron chi connectivity index (χ0n) is 19.3. The molecule has 33 heavy (non-hydrogen) atoms. The number of hydrogen-bond acceptors (Lipinski definition) is 6. The maximum absolute atomic E-state index is 12.1. The van der Waals surface area contributed by atoms with Crippen LogP contribution in [0.4, 0.5) is 10.5 Å². The number of rotatable bonds is 6. The summed E-state index contributed by atoms with van der Waals surface area (Å²) >= 11 is 0. The van der Waals surface area contributed by atoms with Crippen LogP contribution in [0, 0.1) is 13.8 Å². The number of nitrogens with zero attached hydrogens (tertiary/aromatic N) is 2. The van der Waals surface area contributed by atoms with E-state index in [9.17, 15) is 9.90 Å². The van der Waals surface area contributed by atoms with Gasteiger partial charge in [-0.05, 0) is 62.1 Å². The number of fused-ring (bicyclic) bond motifs is 1. The molecule has 0 bridgehead atoms. The number of carboxylic acid groups (broad SMARTS) is 1. The van der Waals surface area contributed by atoms with Crippen molar-refractivity contribution in [2.24, 2.45) is 0 Å². The first-order valence-corrected chi connectivity index (χ1v) is 10.8. The molecule has 1 amide bonds. The summed E-state index contributed by atoms with van der Waals surface area (Å²) in [4.78, 5) is 18.0. The number of anilines is 1. The van der Waals surface area contributed by atoms with Gasteiger partial charge in [0, 0.05) is 36.9 Å². The van der Waals surface area contributed by atoms with Gasteiger partial charge in [-0.3, -0.25) is 9.88 Å². The van der Waals surface area contributed by atoms with Gasteiger partial charge in [0.2, 0.25) is 0 Å². The van der Waals surface area contributed by atoms with Crippen LogP contribution in [0.2, 0.25) is 0 Å². The van der Waals surface area contributed by atoms with Gasteiger partial charge in [-0.15, -0.1) is 0 Å². The summed E-state index contributed by atoms with van der Waals surface area (Å²) in [5, 5.41) is 10.7. The van der Waals surface area contributed by atoms with Crippen molar-refractivity contribution >= 4 is 22.7 Å². The molecule has 2 heterocycles. The van der Waals surface area contributed by atoms with Gasteiger partial charge < -0.3 is 24.1 Å². The highest BCUT2D eigenvalue weighted by Crippen LogP contribution is 2.39. The molecule has 0 spiro atoms. The van der Waals surface area contributed by atoms with Gasteiger partial charge in [-0.25, -0.2) is 4.79 Å². The fourth-order valence-corrected chi connectivity index (χ4v) is 4.20. The second-order valence-corrected chi connectivity index (χ2v) is 8.04. The van der Waals surface area contributed by atoms with Crippen LogP contribution in [0.3, 0.4) is 0 Å². The van der Waals surface area contributed by atoms with Gasteiger partial charge in [0.15, 0.2) is 11.5 Å². The average Bonchev–Trinajstić information content (AvgIpc) is 2.82. The Balaban J connectivity index is 1.70. The van der Waals surface area contributed by atoms with Crippen LogP contribution in [-0.2, 0) is 4.74 Å². The molecule has 1 fully saturated rings. The van der Waals surface area contributed by atoms with E-state index >= 15 is 0 Å². The lowest BCUT2D eigenvalue weighted by Gasteiger charge is -2.33. The van der Waals surface area contributed by atoms with E-state index in [1.165, 1.54) is 4.90 Å². The van der Waals surface area contributed by atoms with Gasteiger partial charge in [-0.1, -0.05) is 0 Å². The molecule has 1 aliphatic rings. The lowest BCUT2D eigenvalue weighted by molar-refractivity contribution is 0.0838. The highest BCUT2D eigenvalue weighted by Gasteiger charge is 2.28. The maximum Gasteiger partial charge on any atom is 0.412 e. The molecular formula is C25H28N2O6.